The van der Waals surface area contributed by atoms with Crippen LogP contribution < -0.4 is 0 Å². The van der Waals surface area contributed by atoms with Gasteiger partial charge in [-0.25, -0.2) is 0 Å². The Hall–Kier alpha value is -0.600. The van der Waals surface area contributed by atoms with Gasteiger partial charge in [0.2, 0.25) is 0 Å². The monoisotopic (exact) mass is 152 g/mol. The lowest BCUT2D eigenvalue weighted by Crippen LogP contribution is -2.09. The molecule has 0 spiro atoms. The zero-order valence-corrected chi connectivity index (χ0v) is 6.67. The molecule has 0 atom stereocenters. The van der Waals surface area contributed by atoms with Crippen LogP contribution in [0.1, 0.15) is 13.3 Å². The molecule has 2 rings (SSSR count). The summed E-state index contributed by atoms with van der Waals surface area (Å²) in [5.74, 6) is 0. The average Bonchev–Trinajstić information content (AvgIpc) is 2.55. The first-order valence-electron chi connectivity index (χ1n) is 3.96. The second-order valence-electron chi connectivity index (χ2n) is 3.00. The summed E-state index contributed by atoms with van der Waals surface area (Å²) in [4.78, 5) is 0. The Kier molecular flexibility index (Phi) is 1.80. The Morgan fingerprint density at radius 1 is 1.27 bits per heavy atom. The van der Waals surface area contributed by atoms with Gasteiger partial charge in [0.15, 0.2) is 6.29 Å². The third-order valence-corrected chi connectivity index (χ3v) is 1.99. The van der Waals surface area contributed by atoms with Crippen molar-refractivity contribution in [1.82, 2.24) is 0 Å². The molecule has 1 fully saturated rings. The topological polar surface area (TPSA) is 18.5 Å². The van der Waals surface area contributed by atoms with Crippen molar-refractivity contribution in [3.05, 3.63) is 23.3 Å². The van der Waals surface area contributed by atoms with Crippen LogP contribution in [0.4, 0.5) is 0 Å². The molecule has 0 radical (unpaired) electrons. The first kappa shape index (κ1) is 7.07. The minimum atomic E-state index is -0.0521. The van der Waals surface area contributed by atoms with Gasteiger partial charge in [-0.2, -0.15) is 0 Å². The van der Waals surface area contributed by atoms with E-state index >= 15 is 0 Å². The molecule has 0 aromatic heterocycles. The van der Waals surface area contributed by atoms with E-state index in [9.17, 15) is 0 Å². The Bertz CT molecular complexity index is 210. The summed E-state index contributed by atoms with van der Waals surface area (Å²) in [6.45, 7) is 3.60. The summed E-state index contributed by atoms with van der Waals surface area (Å²) in [5.41, 5.74) is 2.65. The number of rotatable bonds is 1. The van der Waals surface area contributed by atoms with Crippen LogP contribution >= 0.6 is 0 Å². The molecule has 2 nitrogen and oxygen atoms in total. The predicted octanol–water partition coefficient (Wildman–Crippen LogP) is 1.64. The molecule has 0 N–H and O–H groups in total. The molecule has 0 aromatic carbocycles. The van der Waals surface area contributed by atoms with E-state index in [1.54, 1.807) is 0 Å². The largest absolute Gasteiger partial charge is 0.346 e. The average molecular weight is 152 g/mol. The zero-order valence-electron chi connectivity index (χ0n) is 6.67. The SMILES string of the molecule is CC1=CC=C(C2OCCO2)C1. The van der Waals surface area contributed by atoms with Crippen LogP contribution in [0.15, 0.2) is 23.3 Å². The lowest BCUT2D eigenvalue weighted by molar-refractivity contribution is -0.0122. The Labute approximate surface area is 66.5 Å². The van der Waals surface area contributed by atoms with Gasteiger partial charge in [0, 0.05) is 0 Å². The fourth-order valence-corrected chi connectivity index (χ4v) is 1.42. The van der Waals surface area contributed by atoms with Gasteiger partial charge in [-0.1, -0.05) is 17.7 Å². The molecular weight excluding hydrogens is 140 g/mol. The summed E-state index contributed by atoms with van der Waals surface area (Å²) >= 11 is 0. The lowest BCUT2D eigenvalue weighted by atomic mass is 10.2. The molecule has 2 aliphatic rings. The van der Waals surface area contributed by atoms with E-state index in [1.165, 1.54) is 11.1 Å². The van der Waals surface area contributed by atoms with Crippen molar-refractivity contribution in [3.63, 3.8) is 0 Å². The van der Waals surface area contributed by atoms with Crippen molar-refractivity contribution in [2.24, 2.45) is 0 Å². The van der Waals surface area contributed by atoms with Crippen LogP contribution in [0.2, 0.25) is 0 Å². The highest BCUT2D eigenvalue weighted by atomic mass is 16.7. The normalized spacial score (nSPS) is 25.5. The fraction of sp³-hybridized carbons (Fsp3) is 0.556. The molecule has 0 amide bonds. The maximum Gasteiger partial charge on any atom is 0.180 e. The molecule has 0 aromatic rings. The van der Waals surface area contributed by atoms with Crippen molar-refractivity contribution in [1.29, 1.82) is 0 Å². The quantitative estimate of drug-likeness (QED) is 0.568. The molecule has 1 aliphatic carbocycles. The molecular formula is C9H12O2. The summed E-state index contributed by atoms with van der Waals surface area (Å²) in [7, 11) is 0. The van der Waals surface area contributed by atoms with Gasteiger partial charge in [0.1, 0.15) is 0 Å². The van der Waals surface area contributed by atoms with Crippen molar-refractivity contribution in [3.8, 4) is 0 Å². The maximum absolute atomic E-state index is 5.36. The minimum Gasteiger partial charge on any atom is -0.346 e. The lowest BCUT2D eigenvalue weighted by Gasteiger charge is -2.09. The third-order valence-electron chi connectivity index (χ3n) is 1.99. The molecule has 2 heteroatoms. The molecule has 1 heterocycles. The predicted molar refractivity (Wildman–Crippen MR) is 42.1 cm³/mol. The van der Waals surface area contributed by atoms with E-state index in [-0.39, 0.29) is 6.29 Å². The van der Waals surface area contributed by atoms with Crippen molar-refractivity contribution >= 4 is 0 Å². The summed E-state index contributed by atoms with van der Waals surface area (Å²) in [6, 6.07) is 0. The van der Waals surface area contributed by atoms with E-state index in [2.05, 4.69) is 19.1 Å². The van der Waals surface area contributed by atoms with Crippen LogP contribution in [-0.4, -0.2) is 19.5 Å². The number of hydrogen-bond donors (Lipinski definition) is 0. The summed E-state index contributed by atoms with van der Waals surface area (Å²) in [5, 5.41) is 0. The minimum absolute atomic E-state index is 0.0521. The van der Waals surface area contributed by atoms with Gasteiger partial charge in [0.05, 0.1) is 13.2 Å². The molecule has 11 heavy (non-hydrogen) atoms. The standard InChI is InChI=1S/C9H12O2/c1-7-2-3-8(6-7)9-10-4-5-11-9/h2-3,9H,4-6H2,1H3. The van der Waals surface area contributed by atoms with Crippen molar-refractivity contribution in [2.45, 2.75) is 19.6 Å². The van der Waals surface area contributed by atoms with Crippen molar-refractivity contribution < 1.29 is 9.47 Å². The maximum atomic E-state index is 5.36. The van der Waals surface area contributed by atoms with Gasteiger partial charge < -0.3 is 9.47 Å². The molecule has 60 valence electrons. The van der Waals surface area contributed by atoms with E-state index in [0.717, 1.165) is 19.6 Å². The van der Waals surface area contributed by atoms with Crippen molar-refractivity contribution in [2.75, 3.05) is 13.2 Å². The van der Waals surface area contributed by atoms with E-state index in [4.69, 9.17) is 9.47 Å². The van der Waals surface area contributed by atoms with E-state index < -0.39 is 0 Å². The number of allylic oxidation sites excluding steroid dienone is 3. The number of ether oxygens (including phenoxy) is 2. The van der Waals surface area contributed by atoms with E-state index in [1.807, 2.05) is 0 Å². The highest BCUT2D eigenvalue weighted by Crippen LogP contribution is 2.25. The van der Waals surface area contributed by atoms with Gasteiger partial charge in [-0.05, 0) is 18.9 Å². The molecule has 1 aliphatic heterocycles. The first-order valence-corrected chi connectivity index (χ1v) is 3.96. The molecule has 1 saturated heterocycles. The van der Waals surface area contributed by atoms with E-state index in [0.29, 0.717) is 0 Å². The highest BCUT2D eigenvalue weighted by Gasteiger charge is 2.22. The highest BCUT2D eigenvalue weighted by molar-refractivity contribution is 5.30. The van der Waals surface area contributed by atoms with Crippen LogP contribution in [0.3, 0.4) is 0 Å². The van der Waals surface area contributed by atoms with Crippen LogP contribution in [0.25, 0.3) is 0 Å². The second-order valence-corrected chi connectivity index (χ2v) is 3.00. The summed E-state index contributed by atoms with van der Waals surface area (Å²) < 4.78 is 10.7. The van der Waals surface area contributed by atoms with Gasteiger partial charge >= 0.3 is 0 Å². The van der Waals surface area contributed by atoms with Gasteiger partial charge in [-0.15, -0.1) is 0 Å². The molecule has 0 unspecified atom stereocenters. The smallest absolute Gasteiger partial charge is 0.180 e. The third kappa shape index (κ3) is 1.37. The van der Waals surface area contributed by atoms with Crippen LogP contribution in [-0.2, 0) is 9.47 Å². The zero-order chi connectivity index (χ0) is 7.68. The second kappa shape index (κ2) is 2.80. The number of hydrogen-bond acceptors (Lipinski definition) is 2. The Morgan fingerprint density at radius 2 is 2.00 bits per heavy atom. The van der Waals surface area contributed by atoms with Crippen LogP contribution in [0.5, 0.6) is 0 Å². The molecule has 0 saturated carbocycles. The Balaban J connectivity index is 1.98. The first-order chi connectivity index (χ1) is 5.36. The van der Waals surface area contributed by atoms with Crippen LogP contribution in [0, 0.1) is 0 Å². The fourth-order valence-electron chi connectivity index (χ4n) is 1.42. The van der Waals surface area contributed by atoms with Gasteiger partial charge in [-0.3, -0.25) is 0 Å². The summed E-state index contributed by atoms with van der Waals surface area (Å²) in [6.07, 6.45) is 5.19. The van der Waals surface area contributed by atoms with Gasteiger partial charge in [0.25, 0.3) is 0 Å². The Morgan fingerprint density at radius 3 is 2.55 bits per heavy atom. The molecule has 0 bridgehead atoms.